The van der Waals surface area contributed by atoms with Crippen LogP contribution >= 0.6 is 11.6 Å². The Morgan fingerprint density at radius 1 is 1.09 bits per heavy atom. The molecule has 5 rings (SSSR count). The fraction of sp³-hybridized carbons (Fsp3) is 0.391. The molecule has 1 saturated heterocycles. The Kier molecular flexibility index (Phi) is 5.36. The van der Waals surface area contributed by atoms with E-state index in [4.69, 9.17) is 35.3 Å². The minimum Gasteiger partial charge on any atom is -0.502 e. The number of amides is 1. The summed E-state index contributed by atoms with van der Waals surface area (Å²) in [6.07, 6.45) is 0. The Morgan fingerprint density at radius 2 is 1.73 bits per heavy atom. The van der Waals surface area contributed by atoms with Crippen molar-refractivity contribution in [2.75, 3.05) is 33.5 Å². The number of carbonyl (C=O) groups is 2. The molecule has 2 aliphatic heterocycles. The maximum Gasteiger partial charge on any atom is 0.310 e. The van der Waals surface area contributed by atoms with Crippen molar-refractivity contribution in [1.29, 1.82) is 0 Å². The quantitative estimate of drug-likeness (QED) is 0.501. The van der Waals surface area contributed by atoms with Gasteiger partial charge in [-0.3, -0.25) is 9.59 Å². The highest BCUT2D eigenvalue weighted by atomic mass is 35.5. The van der Waals surface area contributed by atoms with Crippen LogP contribution in [0.1, 0.15) is 28.7 Å². The molecule has 174 valence electrons. The summed E-state index contributed by atoms with van der Waals surface area (Å²) in [5, 5.41) is 13.3. The summed E-state index contributed by atoms with van der Waals surface area (Å²) in [7, 11) is 2.88. The minimum atomic E-state index is -0.600. The molecule has 2 aromatic carbocycles. The third-order valence-electron chi connectivity index (χ3n) is 6.49. The van der Waals surface area contributed by atoms with Gasteiger partial charge in [0.25, 0.3) is 0 Å². The zero-order valence-corrected chi connectivity index (χ0v) is 18.7. The smallest absolute Gasteiger partial charge is 0.310 e. The minimum absolute atomic E-state index is 0.0807. The highest BCUT2D eigenvalue weighted by molar-refractivity contribution is 6.27. The van der Waals surface area contributed by atoms with Crippen molar-refractivity contribution in [1.82, 2.24) is 5.32 Å². The number of hydrogen-bond acceptors (Lipinski definition) is 8. The SMILES string of the molecule is COc1cc([C@@H]2c3cc4c(cc3C(NC(=O)CCl)C3COC(=O)[C@@H]32)OCO4)cc(OC)c1O. The van der Waals surface area contributed by atoms with E-state index in [1.807, 2.05) is 12.1 Å². The number of phenols is 1. The maximum absolute atomic E-state index is 13.0. The first-order valence-corrected chi connectivity index (χ1v) is 10.9. The van der Waals surface area contributed by atoms with Crippen LogP contribution in [-0.2, 0) is 14.3 Å². The molecular weight excluding hydrogens is 454 g/mol. The number of phenolic OH excluding ortho intramolecular Hbond substituents is 1. The lowest BCUT2D eigenvalue weighted by atomic mass is 9.65. The molecule has 10 heteroatoms. The number of esters is 1. The lowest BCUT2D eigenvalue weighted by molar-refractivity contribution is -0.141. The van der Waals surface area contributed by atoms with Gasteiger partial charge in [0.05, 0.1) is 32.8 Å². The second kappa shape index (κ2) is 8.22. The molecule has 2 N–H and O–H groups in total. The number of benzene rings is 2. The van der Waals surface area contributed by atoms with Crippen molar-refractivity contribution in [3.8, 4) is 28.7 Å². The standard InChI is InChI=1S/C23H22ClNO8/c1-29-16-3-10(4-17(30-2)22(16)27)19-11-5-14-15(33-9-32-14)6-12(11)21(25-18(26)7-24)13-8-31-23(28)20(13)19/h3-6,13,19-21,27H,7-9H2,1-2H3,(H,25,26)/t13?,19-,20+,21?/m1/s1. The average Bonchev–Trinajstić information content (AvgIpc) is 3.44. The van der Waals surface area contributed by atoms with Gasteiger partial charge in [-0.25, -0.2) is 0 Å². The first kappa shape index (κ1) is 21.5. The van der Waals surface area contributed by atoms with Gasteiger partial charge in [0.1, 0.15) is 5.88 Å². The van der Waals surface area contributed by atoms with Gasteiger partial charge in [0.2, 0.25) is 18.4 Å². The van der Waals surface area contributed by atoms with E-state index >= 15 is 0 Å². The molecule has 0 bridgehead atoms. The van der Waals surface area contributed by atoms with Crippen LogP contribution in [0.3, 0.4) is 0 Å². The highest BCUT2D eigenvalue weighted by Crippen LogP contribution is 2.55. The zero-order valence-electron chi connectivity index (χ0n) is 17.9. The summed E-state index contributed by atoms with van der Waals surface area (Å²) in [6.45, 7) is 0.227. The molecule has 0 radical (unpaired) electrons. The van der Waals surface area contributed by atoms with Crippen molar-refractivity contribution >= 4 is 23.5 Å². The van der Waals surface area contributed by atoms with Crippen molar-refractivity contribution in [3.05, 3.63) is 41.0 Å². The Bertz CT molecular complexity index is 1110. The highest BCUT2D eigenvalue weighted by Gasteiger charge is 2.53. The zero-order chi connectivity index (χ0) is 23.3. The summed E-state index contributed by atoms with van der Waals surface area (Å²) in [6, 6.07) is 6.51. The summed E-state index contributed by atoms with van der Waals surface area (Å²) >= 11 is 5.76. The molecule has 3 aliphatic rings. The maximum atomic E-state index is 13.0. The number of fused-ring (bicyclic) bond motifs is 3. The molecule has 0 aromatic heterocycles. The fourth-order valence-corrected chi connectivity index (χ4v) is 5.13. The molecule has 2 unspecified atom stereocenters. The largest absolute Gasteiger partial charge is 0.502 e. The lowest BCUT2D eigenvalue weighted by Gasteiger charge is -2.39. The van der Waals surface area contributed by atoms with Crippen molar-refractivity contribution < 1.29 is 38.4 Å². The summed E-state index contributed by atoms with van der Waals surface area (Å²) in [5.74, 6) is -0.946. The Hall–Kier alpha value is -3.33. The number of rotatable bonds is 5. The molecule has 9 nitrogen and oxygen atoms in total. The Labute approximate surface area is 194 Å². The van der Waals surface area contributed by atoms with E-state index < -0.39 is 17.9 Å². The Morgan fingerprint density at radius 3 is 2.33 bits per heavy atom. The van der Waals surface area contributed by atoms with Crippen LogP contribution in [0.2, 0.25) is 0 Å². The van der Waals surface area contributed by atoms with Gasteiger partial charge in [0, 0.05) is 11.8 Å². The van der Waals surface area contributed by atoms with Crippen LogP contribution in [0, 0.1) is 11.8 Å². The van der Waals surface area contributed by atoms with Crippen LogP contribution in [0.5, 0.6) is 28.7 Å². The molecule has 33 heavy (non-hydrogen) atoms. The third kappa shape index (κ3) is 3.38. The van der Waals surface area contributed by atoms with Gasteiger partial charge >= 0.3 is 5.97 Å². The molecule has 2 aromatic rings. The number of aromatic hydroxyl groups is 1. The fourth-order valence-electron chi connectivity index (χ4n) is 5.05. The van der Waals surface area contributed by atoms with Gasteiger partial charge in [-0.15, -0.1) is 11.6 Å². The van der Waals surface area contributed by atoms with E-state index in [1.54, 1.807) is 12.1 Å². The number of cyclic esters (lactones) is 1. The molecule has 1 aliphatic carbocycles. The van der Waals surface area contributed by atoms with Crippen LogP contribution in [0.4, 0.5) is 0 Å². The van der Waals surface area contributed by atoms with E-state index in [-0.39, 0.29) is 54.3 Å². The molecule has 2 heterocycles. The molecule has 1 fully saturated rings. The van der Waals surface area contributed by atoms with Crippen molar-refractivity contribution in [2.24, 2.45) is 11.8 Å². The number of carbonyl (C=O) groups excluding carboxylic acids is 2. The van der Waals surface area contributed by atoms with E-state index in [2.05, 4.69) is 5.32 Å². The predicted molar refractivity (Wildman–Crippen MR) is 115 cm³/mol. The first-order chi connectivity index (χ1) is 16.0. The second-order valence-electron chi connectivity index (χ2n) is 8.08. The van der Waals surface area contributed by atoms with Gasteiger partial charge in [-0.05, 0) is 41.0 Å². The van der Waals surface area contributed by atoms with E-state index in [0.29, 0.717) is 17.1 Å². The normalized spacial score (nSPS) is 24.5. The van der Waals surface area contributed by atoms with E-state index in [0.717, 1.165) is 11.1 Å². The monoisotopic (exact) mass is 475 g/mol. The number of methoxy groups -OCH3 is 2. The third-order valence-corrected chi connectivity index (χ3v) is 6.73. The Balaban J connectivity index is 1.74. The average molecular weight is 476 g/mol. The van der Waals surface area contributed by atoms with Gasteiger partial charge in [-0.2, -0.15) is 0 Å². The van der Waals surface area contributed by atoms with Crippen LogP contribution in [0.25, 0.3) is 0 Å². The van der Waals surface area contributed by atoms with E-state index in [1.165, 1.54) is 14.2 Å². The number of halogens is 1. The van der Waals surface area contributed by atoms with Crippen LogP contribution in [-0.4, -0.2) is 50.5 Å². The second-order valence-corrected chi connectivity index (χ2v) is 8.35. The topological polar surface area (TPSA) is 113 Å². The van der Waals surface area contributed by atoms with Crippen LogP contribution in [0.15, 0.2) is 24.3 Å². The summed E-state index contributed by atoms with van der Waals surface area (Å²) in [5.41, 5.74) is 2.25. The van der Waals surface area contributed by atoms with Gasteiger partial charge in [0.15, 0.2) is 23.0 Å². The molecule has 4 atom stereocenters. The molecule has 0 spiro atoms. The molecule has 0 saturated carbocycles. The first-order valence-electron chi connectivity index (χ1n) is 10.4. The number of ether oxygens (including phenoxy) is 5. The van der Waals surface area contributed by atoms with Gasteiger partial charge < -0.3 is 34.1 Å². The summed E-state index contributed by atoms with van der Waals surface area (Å²) < 4.78 is 27.3. The molecular formula is C23H22ClNO8. The predicted octanol–water partition coefficient (Wildman–Crippen LogP) is 2.47. The van der Waals surface area contributed by atoms with Crippen LogP contribution < -0.4 is 24.3 Å². The van der Waals surface area contributed by atoms with Gasteiger partial charge in [-0.1, -0.05) is 0 Å². The number of alkyl halides is 1. The lowest BCUT2D eigenvalue weighted by Crippen LogP contribution is -2.43. The number of hydrogen-bond donors (Lipinski definition) is 2. The van der Waals surface area contributed by atoms with E-state index in [9.17, 15) is 14.7 Å². The summed E-state index contributed by atoms with van der Waals surface area (Å²) in [4.78, 5) is 25.2. The number of nitrogens with one attached hydrogen (secondary N) is 1. The molecule has 1 amide bonds. The van der Waals surface area contributed by atoms with Crippen molar-refractivity contribution in [3.63, 3.8) is 0 Å². The van der Waals surface area contributed by atoms with Crippen molar-refractivity contribution in [2.45, 2.75) is 12.0 Å².